The van der Waals surface area contributed by atoms with Gasteiger partial charge in [0, 0.05) is 26.3 Å². The van der Waals surface area contributed by atoms with Crippen molar-refractivity contribution in [2.45, 2.75) is 46.6 Å². The van der Waals surface area contributed by atoms with Gasteiger partial charge < -0.3 is 10.6 Å². The molecular formula is C21H34IN5. The number of benzene rings is 1. The van der Waals surface area contributed by atoms with Crippen LogP contribution in [0.1, 0.15) is 50.4 Å². The Balaban J connectivity index is 0.00000364. The Kier molecular flexibility index (Phi) is 10.4. The third kappa shape index (κ3) is 8.32. The number of nitrogens with zero attached hydrogens (tertiary/aromatic N) is 3. The summed E-state index contributed by atoms with van der Waals surface area (Å²) < 4.78 is 1.83. The number of rotatable bonds is 8. The molecule has 0 amide bonds. The van der Waals surface area contributed by atoms with Gasteiger partial charge in [-0.2, -0.15) is 5.10 Å². The number of hydrogen-bond acceptors (Lipinski definition) is 2. The summed E-state index contributed by atoms with van der Waals surface area (Å²) >= 11 is 0. The standard InChI is InChI=1S/C21H33N5.HI/c1-6-22-21(23-12-11-19-14-24-26(5)15-19)25-17(4)20-9-7-18(8-10-20)13-16(2)3;/h7-10,14-17H,6,11-13H2,1-5H3,(H2,22,23,25);1H. The van der Waals surface area contributed by atoms with Crippen molar-refractivity contribution >= 4 is 29.9 Å². The van der Waals surface area contributed by atoms with E-state index in [9.17, 15) is 0 Å². The van der Waals surface area contributed by atoms with Crippen LogP contribution >= 0.6 is 24.0 Å². The molecule has 2 rings (SSSR count). The van der Waals surface area contributed by atoms with E-state index in [1.54, 1.807) is 0 Å². The highest BCUT2D eigenvalue weighted by Crippen LogP contribution is 2.15. The Bertz CT molecular complexity index is 691. The molecule has 0 aliphatic carbocycles. The molecule has 5 nitrogen and oxygen atoms in total. The molecule has 0 aliphatic heterocycles. The fraction of sp³-hybridized carbons (Fsp3) is 0.524. The van der Waals surface area contributed by atoms with Crippen molar-refractivity contribution in [1.82, 2.24) is 20.4 Å². The van der Waals surface area contributed by atoms with Crippen molar-refractivity contribution in [1.29, 1.82) is 0 Å². The number of guanidine groups is 1. The predicted octanol–water partition coefficient (Wildman–Crippen LogP) is 4.10. The van der Waals surface area contributed by atoms with Gasteiger partial charge in [0.05, 0.1) is 12.2 Å². The van der Waals surface area contributed by atoms with Gasteiger partial charge in [-0.05, 0) is 49.3 Å². The van der Waals surface area contributed by atoms with Gasteiger partial charge in [-0.15, -0.1) is 24.0 Å². The first-order valence-corrected chi connectivity index (χ1v) is 9.59. The van der Waals surface area contributed by atoms with Crippen molar-refractivity contribution in [3.63, 3.8) is 0 Å². The number of aryl methyl sites for hydroxylation is 1. The lowest BCUT2D eigenvalue weighted by Crippen LogP contribution is -2.38. The highest BCUT2D eigenvalue weighted by atomic mass is 127. The average molecular weight is 483 g/mol. The van der Waals surface area contributed by atoms with Gasteiger partial charge >= 0.3 is 0 Å². The zero-order valence-corrected chi connectivity index (χ0v) is 19.5. The first-order chi connectivity index (χ1) is 12.5. The van der Waals surface area contributed by atoms with Crippen LogP contribution in [-0.2, 0) is 19.9 Å². The predicted molar refractivity (Wildman–Crippen MR) is 125 cm³/mol. The highest BCUT2D eigenvalue weighted by molar-refractivity contribution is 14.0. The normalized spacial score (nSPS) is 12.6. The second-order valence-corrected chi connectivity index (χ2v) is 7.24. The fourth-order valence-electron chi connectivity index (χ4n) is 2.92. The number of nitrogens with one attached hydrogen (secondary N) is 2. The van der Waals surface area contributed by atoms with E-state index >= 15 is 0 Å². The second kappa shape index (κ2) is 12.0. The molecule has 2 N–H and O–H groups in total. The molecule has 2 aromatic rings. The van der Waals surface area contributed by atoms with Crippen molar-refractivity contribution < 1.29 is 0 Å². The Labute approximate surface area is 181 Å². The molecular weight excluding hydrogens is 449 g/mol. The van der Waals surface area contributed by atoms with E-state index in [2.05, 4.69) is 67.7 Å². The van der Waals surface area contributed by atoms with Gasteiger partial charge in [0.2, 0.25) is 0 Å². The second-order valence-electron chi connectivity index (χ2n) is 7.24. The molecule has 0 radical (unpaired) electrons. The third-order valence-corrected chi connectivity index (χ3v) is 4.25. The quantitative estimate of drug-likeness (QED) is 0.338. The molecule has 0 bridgehead atoms. The summed E-state index contributed by atoms with van der Waals surface area (Å²) in [6, 6.07) is 9.11. The van der Waals surface area contributed by atoms with Crippen molar-refractivity contribution in [2.24, 2.45) is 18.0 Å². The molecule has 0 saturated carbocycles. The lowest BCUT2D eigenvalue weighted by Gasteiger charge is -2.18. The summed E-state index contributed by atoms with van der Waals surface area (Å²) in [4.78, 5) is 4.70. The smallest absolute Gasteiger partial charge is 0.191 e. The maximum absolute atomic E-state index is 4.70. The van der Waals surface area contributed by atoms with Crippen molar-refractivity contribution in [3.8, 4) is 0 Å². The molecule has 0 aliphatic rings. The van der Waals surface area contributed by atoms with Crippen LogP contribution in [0.4, 0.5) is 0 Å². The minimum atomic E-state index is 0. The highest BCUT2D eigenvalue weighted by Gasteiger charge is 2.08. The van der Waals surface area contributed by atoms with Crippen molar-refractivity contribution in [2.75, 3.05) is 13.1 Å². The largest absolute Gasteiger partial charge is 0.357 e. The zero-order valence-electron chi connectivity index (χ0n) is 17.2. The molecule has 6 heteroatoms. The molecule has 1 unspecified atom stereocenters. The molecule has 0 fully saturated rings. The summed E-state index contributed by atoms with van der Waals surface area (Å²) in [5.74, 6) is 1.54. The number of halogens is 1. The van der Waals surface area contributed by atoms with Gasteiger partial charge in [0.15, 0.2) is 5.96 Å². The van der Waals surface area contributed by atoms with Crippen LogP contribution in [0.15, 0.2) is 41.7 Å². The Morgan fingerprint density at radius 2 is 1.85 bits per heavy atom. The summed E-state index contributed by atoms with van der Waals surface area (Å²) in [5, 5.41) is 11.0. The first-order valence-electron chi connectivity index (χ1n) is 9.59. The van der Waals surface area contributed by atoms with E-state index in [0.29, 0.717) is 5.92 Å². The van der Waals surface area contributed by atoms with E-state index in [-0.39, 0.29) is 30.0 Å². The Morgan fingerprint density at radius 1 is 1.15 bits per heavy atom. The van der Waals surface area contributed by atoms with E-state index in [0.717, 1.165) is 31.9 Å². The van der Waals surface area contributed by atoms with Crippen LogP contribution in [0.25, 0.3) is 0 Å². The van der Waals surface area contributed by atoms with E-state index in [4.69, 9.17) is 4.99 Å². The van der Waals surface area contributed by atoms with E-state index in [1.807, 2.05) is 24.1 Å². The maximum Gasteiger partial charge on any atom is 0.191 e. The number of aromatic nitrogens is 2. The first kappa shape index (κ1) is 23.5. The minimum absolute atomic E-state index is 0. The Hall–Kier alpha value is -1.57. The van der Waals surface area contributed by atoms with Gasteiger partial charge in [-0.25, -0.2) is 0 Å². The molecule has 1 heterocycles. The number of hydrogen-bond donors (Lipinski definition) is 2. The van der Waals surface area contributed by atoms with Gasteiger partial charge in [-0.1, -0.05) is 38.1 Å². The summed E-state index contributed by atoms with van der Waals surface area (Å²) in [7, 11) is 1.94. The summed E-state index contributed by atoms with van der Waals surface area (Å²) in [6.07, 6.45) is 5.96. The number of aliphatic imine (C=N–C) groups is 1. The average Bonchev–Trinajstić information content (AvgIpc) is 3.00. The third-order valence-electron chi connectivity index (χ3n) is 4.25. The maximum atomic E-state index is 4.70. The molecule has 150 valence electrons. The van der Waals surface area contributed by atoms with Gasteiger partial charge in [0.25, 0.3) is 0 Å². The van der Waals surface area contributed by atoms with Crippen molar-refractivity contribution in [3.05, 3.63) is 53.3 Å². The van der Waals surface area contributed by atoms with Crippen LogP contribution in [0, 0.1) is 5.92 Å². The summed E-state index contributed by atoms with van der Waals surface area (Å²) in [5.41, 5.74) is 3.88. The van der Waals surface area contributed by atoms with Crippen LogP contribution < -0.4 is 10.6 Å². The summed E-state index contributed by atoms with van der Waals surface area (Å²) in [6.45, 7) is 10.3. The minimum Gasteiger partial charge on any atom is -0.357 e. The monoisotopic (exact) mass is 483 g/mol. The lowest BCUT2D eigenvalue weighted by molar-refractivity contribution is 0.645. The van der Waals surface area contributed by atoms with Crippen LogP contribution in [0.5, 0.6) is 0 Å². The fourth-order valence-corrected chi connectivity index (χ4v) is 2.92. The zero-order chi connectivity index (χ0) is 18.9. The van der Waals surface area contributed by atoms with Gasteiger partial charge in [-0.3, -0.25) is 9.67 Å². The molecule has 1 aromatic heterocycles. The van der Waals surface area contributed by atoms with E-state index in [1.165, 1.54) is 16.7 Å². The molecule has 0 saturated heterocycles. The Morgan fingerprint density at radius 3 is 2.41 bits per heavy atom. The van der Waals surface area contributed by atoms with Crippen LogP contribution in [0.3, 0.4) is 0 Å². The molecule has 0 spiro atoms. The molecule has 1 aromatic carbocycles. The van der Waals surface area contributed by atoms with Gasteiger partial charge in [0.1, 0.15) is 0 Å². The SMILES string of the molecule is CCNC(=NCCc1cnn(C)c1)NC(C)c1ccc(CC(C)C)cc1.I. The topological polar surface area (TPSA) is 54.2 Å². The van der Waals surface area contributed by atoms with Crippen LogP contribution in [0.2, 0.25) is 0 Å². The van der Waals surface area contributed by atoms with E-state index < -0.39 is 0 Å². The van der Waals surface area contributed by atoms with Crippen LogP contribution in [-0.4, -0.2) is 28.8 Å². The lowest BCUT2D eigenvalue weighted by atomic mass is 10.00. The molecule has 1 atom stereocenters. The molecule has 27 heavy (non-hydrogen) atoms.